The van der Waals surface area contributed by atoms with Crippen LogP contribution in [0.5, 0.6) is 0 Å². The summed E-state index contributed by atoms with van der Waals surface area (Å²) in [4.78, 5) is 19.3. The second-order valence-corrected chi connectivity index (χ2v) is 7.46. The minimum atomic E-state index is -0.330. The molecule has 2 aromatic carbocycles. The van der Waals surface area contributed by atoms with Gasteiger partial charge in [-0.1, -0.05) is 11.6 Å². The molecular formula is C21H22ClN5O. The fourth-order valence-electron chi connectivity index (χ4n) is 3.55. The predicted octanol–water partition coefficient (Wildman–Crippen LogP) is 4.39. The van der Waals surface area contributed by atoms with Gasteiger partial charge in [0.05, 0.1) is 5.69 Å². The zero-order valence-electron chi connectivity index (χ0n) is 15.9. The molecule has 1 fully saturated rings. The summed E-state index contributed by atoms with van der Waals surface area (Å²) in [7, 11) is 0. The molecule has 3 aromatic rings. The number of aryl methyl sites for hydroxylation is 2. The molecule has 0 radical (unpaired) electrons. The molecule has 7 heteroatoms. The van der Waals surface area contributed by atoms with Crippen molar-refractivity contribution < 1.29 is 4.79 Å². The van der Waals surface area contributed by atoms with Crippen LogP contribution < -0.4 is 10.2 Å². The number of hydrogen-bond acceptors (Lipinski definition) is 4. The van der Waals surface area contributed by atoms with Crippen LogP contribution in [-0.2, 0) is 0 Å². The van der Waals surface area contributed by atoms with E-state index in [1.165, 1.54) is 18.5 Å². The average molecular weight is 396 g/mol. The van der Waals surface area contributed by atoms with E-state index in [-0.39, 0.29) is 11.7 Å². The number of amides is 1. The van der Waals surface area contributed by atoms with Crippen LogP contribution in [0.25, 0.3) is 5.69 Å². The third kappa shape index (κ3) is 3.73. The van der Waals surface area contributed by atoms with Crippen LogP contribution in [0.2, 0.25) is 5.02 Å². The van der Waals surface area contributed by atoms with E-state index in [0.29, 0.717) is 10.8 Å². The van der Waals surface area contributed by atoms with E-state index in [0.717, 1.165) is 30.0 Å². The molecule has 0 unspecified atom stereocenters. The SMILES string of the molecule is Cc1cc(NC(=O)c2nc(C)n(-c3ccc(Cl)cc3)n2)ccc1N1CCCC1. The topological polar surface area (TPSA) is 63.1 Å². The smallest absolute Gasteiger partial charge is 0.295 e. The largest absolute Gasteiger partial charge is 0.371 e. The Bertz CT molecular complexity index is 1010. The number of carbonyl (C=O) groups excluding carboxylic acids is 1. The molecule has 6 nitrogen and oxygen atoms in total. The number of nitrogens with zero attached hydrogens (tertiary/aromatic N) is 4. The second-order valence-electron chi connectivity index (χ2n) is 7.02. The van der Waals surface area contributed by atoms with Crippen molar-refractivity contribution in [2.24, 2.45) is 0 Å². The van der Waals surface area contributed by atoms with Gasteiger partial charge in [-0.05, 0) is 74.7 Å². The van der Waals surface area contributed by atoms with Gasteiger partial charge in [0.2, 0.25) is 5.82 Å². The Labute approximate surface area is 169 Å². The van der Waals surface area contributed by atoms with Crippen molar-refractivity contribution in [1.29, 1.82) is 0 Å². The van der Waals surface area contributed by atoms with Crippen LogP contribution in [0.1, 0.15) is 34.8 Å². The van der Waals surface area contributed by atoms with Crippen molar-refractivity contribution in [3.8, 4) is 5.69 Å². The fourth-order valence-corrected chi connectivity index (χ4v) is 3.67. The first-order chi connectivity index (χ1) is 13.5. The molecule has 0 spiro atoms. The van der Waals surface area contributed by atoms with Crippen LogP contribution >= 0.6 is 11.6 Å². The highest BCUT2D eigenvalue weighted by atomic mass is 35.5. The maximum atomic E-state index is 12.6. The quantitative estimate of drug-likeness (QED) is 0.711. The lowest BCUT2D eigenvalue weighted by Gasteiger charge is -2.20. The molecule has 1 aromatic heterocycles. The molecule has 0 saturated carbocycles. The summed E-state index contributed by atoms with van der Waals surface area (Å²) in [5.41, 5.74) is 3.93. The zero-order chi connectivity index (χ0) is 19.7. The second kappa shape index (κ2) is 7.64. The molecular weight excluding hydrogens is 374 g/mol. The Kier molecular flexibility index (Phi) is 5.05. The number of aromatic nitrogens is 3. The number of benzene rings is 2. The maximum absolute atomic E-state index is 12.6. The van der Waals surface area contributed by atoms with Crippen LogP contribution in [0.15, 0.2) is 42.5 Å². The molecule has 28 heavy (non-hydrogen) atoms. The number of hydrogen-bond donors (Lipinski definition) is 1. The highest BCUT2D eigenvalue weighted by molar-refractivity contribution is 6.30. The minimum Gasteiger partial charge on any atom is -0.371 e. The third-order valence-electron chi connectivity index (χ3n) is 4.94. The summed E-state index contributed by atoms with van der Waals surface area (Å²) in [6.45, 7) is 6.07. The van der Waals surface area contributed by atoms with Gasteiger partial charge >= 0.3 is 0 Å². The first-order valence-electron chi connectivity index (χ1n) is 9.38. The summed E-state index contributed by atoms with van der Waals surface area (Å²) in [6, 6.07) is 13.2. The predicted molar refractivity (Wildman–Crippen MR) is 112 cm³/mol. The number of halogens is 1. The van der Waals surface area contributed by atoms with Gasteiger partial charge in [0, 0.05) is 29.5 Å². The summed E-state index contributed by atoms with van der Waals surface area (Å²) in [5, 5.41) is 7.90. The van der Waals surface area contributed by atoms with Crippen molar-refractivity contribution >= 4 is 28.9 Å². The highest BCUT2D eigenvalue weighted by Crippen LogP contribution is 2.27. The molecule has 0 atom stereocenters. The van der Waals surface area contributed by atoms with Gasteiger partial charge in [0.15, 0.2) is 0 Å². The van der Waals surface area contributed by atoms with Gasteiger partial charge in [-0.25, -0.2) is 9.67 Å². The molecule has 1 aliphatic heterocycles. The highest BCUT2D eigenvalue weighted by Gasteiger charge is 2.17. The van der Waals surface area contributed by atoms with Crippen molar-refractivity contribution in [2.75, 3.05) is 23.3 Å². The van der Waals surface area contributed by atoms with Crippen molar-refractivity contribution in [3.05, 3.63) is 64.7 Å². The Morgan fingerprint density at radius 1 is 1.07 bits per heavy atom. The number of anilines is 2. The monoisotopic (exact) mass is 395 g/mol. The minimum absolute atomic E-state index is 0.133. The molecule has 0 aliphatic carbocycles. The van der Waals surface area contributed by atoms with Gasteiger partial charge < -0.3 is 10.2 Å². The van der Waals surface area contributed by atoms with Gasteiger partial charge in [-0.15, -0.1) is 5.10 Å². The molecule has 2 heterocycles. The van der Waals surface area contributed by atoms with E-state index in [2.05, 4.69) is 33.3 Å². The van der Waals surface area contributed by atoms with Gasteiger partial charge in [-0.2, -0.15) is 0 Å². The van der Waals surface area contributed by atoms with E-state index >= 15 is 0 Å². The average Bonchev–Trinajstić information content (AvgIpc) is 3.33. The number of carbonyl (C=O) groups is 1. The first kappa shape index (κ1) is 18.5. The van der Waals surface area contributed by atoms with Crippen LogP contribution in [0.4, 0.5) is 11.4 Å². The van der Waals surface area contributed by atoms with E-state index in [1.807, 2.05) is 31.2 Å². The van der Waals surface area contributed by atoms with E-state index < -0.39 is 0 Å². The molecule has 4 rings (SSSR count). The molecule has 1 N–H and O–H groups in total. The fraction of sp³-hybridized carbons (Fsp3) is 0.286. The summed E-state index contributed by atoms with van der Waals surface area (Å²) in [6.07, 6.45) is 2.47. The number of rotatable bonds is 4. The molecule has 0 bridgehead atoms. The van der Waals surface area contributed by atoms with Crippen molar-refractivity contribution in [3.63, 3.8) is 0 Å². The summed E-state index contributed by atoms with van der Waals surface area (Å²) < 4.78 is 1.63. The lowest BCUT2D eigenvalue weighted by Crippen LogP contribution is -2.19. The summed E-state index contributed by atoms with van der Waals surface area (Å²) >= 11 is 5.94. The Morgan fingerprint density at radius 2 is 1.79 bits per heavy atom. The number of nitrogens with one attached hydrogen (secondary N) is 1. The van der Waals surface area contributed by atoms with E-state index in [1.54, 1.807) is 16.8 Å². The van der Waals surface area contributed by atoms with Crippen LogP contribution in [0.3, 0.4) is 0 Å². The van der Waals surface area contributed by atoms with Crippen molar-refractivity contribution in [1.82, 2.24) is 14.8 Å². The normalized spacial score (nSPS) is 13.8. The van der Waals surface area contributed by atoms with Crippen LogP contribution in [0, 0.1) is 13.8 Å². The van der Waals surface area contributed by atoms with Gasteiger partial charge in [0.1, 0.15) is 5.82 Å². The summed E-state index contributed by atoms with van der Waals surface area (Å²) in [5.74, 6) is 0.436. The van der Waals surface area contributed by atoms with E-state index in [9.17, 15) is 4.79 Å². The molecule has 1 aliphatic rings. The Balaban J connectivity index is 1.51. The molecule has 1 saturated heterocycles. The Hall–Kier alpha value is -2.86. The van der Waals surface area contributed by atoms with Crippen molar-refractivity contribution in [2.45, 2.75) is 26.7 Å². The van der Waals surface area contributed by atoms with Gasteiger partial charge in [-0.3, -0.25) is 4.79 Å². The maximum Gasteiger partial charge on any atom is 0.295 e. The van der Waals surface area contributed by atoms with Crippen LogP contribution in [-0.4, -0.2) is 33.8 Å². The zero-order valence-corrected chi connectivity index (χ0v) is 16.7. The molecule has 1 amide bonds. The van der Waals surface area contributed by atoms with E-state index in [4.69, 9.17) is 11.6 Å². The lowest BCUT2D eigenvalue weighted by molar-refractivity contribution is 0.101. The van der Waals surface area contributed by atoms with Gasteiger partial charge in [0.25, 0.3) is 5.91 Å². The lowest BCUT2D eigenvalue weighted by atomic mass is 10.1. The first-order valence-corrected chi connectivity index (χ1v) is 9.75. The molecule has 144 valence electrons. The standard InChI is InChI=1S/C21H22ClN5O/c1-14-13-17(7-10-19(14)26-11-3-4-12-26)24-21(28)20-23-15(2)27(25-20)18-8-5-16(22)6-9-18/h5-10,13H,3-4,11-12H2,1-2H3,(H,24,28). The Morgan fingerprint density at radius 3 is 2.46 bits per heavy atom. The third-order valence-corrected chi connectivity index (χ3v) is 5.20.